The van der Waals surface area contributed by atoms with Crippen molar-refractivity contribution in [3.8, 4) is 11.3 Å². The molecule has 3 aromatic carbocycles. The Kier molecular flexibility index (Phi) is 4.59. The number of benzene rings is 3. The summed E-state index contributed by atoms with van der Waals surface area (Å²) in [5.74, 6) is -1.94. The number of halogens is 2. The van der Waals surface area contributed by atoms with Crippen molar-refractivity contribution in [1.29, 1.82) is 0 Å². The third-order valence-electron chi connectivity index (χ3n) is 5.04. The summed E-state index contributed by atoms with van der Waals surface area (Å²) in [6, 6.07) is 22.0. The number of amides is 1. The van der Waals surface area contributed by atoms with Gasteiger partial charge in [0, 0.05) is 28.6 Å². The highest BCUT2D eigenvalue weighted by atomic mass is 19.1. The van der Waals surface area contributed by atoms with Crippen LogP contribution < -0.4 is 5.32 Å². The number of para-hydroxylation sites is 1. The summed E-state index contributed by atoms with van der Waals surface area (Å²) in [4.78, 5) is 21.9. The van der Waals surface area contributed by atoms with E-state index in [0.717, 1.165) is 17.7 Å². The highest BCUT2D eigenvalue weighted by molar-refractivity contribution is 6.15. The summed E-state index contributed by atoms with van der Waals surface area (Å²) in [5, 5.41) is 3.65. The summed E-state index contributed by atoms with van der Waals surface area (Å²) in [5.41, 5.74) is 2.87. The monoisotopic (exact) mass is 411 g/mol. The number of hydrogen-bond donors (Lipinski definition) is 1. The molecule has 5 aromatic rings. The third kappa shape index (κ3) is 3.48. The minimum atomic E-state index is -0.785. The molecule has 0 aliphatic carbocycles. The molecule has 0 atom stereocenters. The zero-order chi connectivity index (χ0) is 21.4. The minimum Gasteiger partial charge on any atom is -0.321 e. The van der Waals surface area contributed by atoms with Gasteiger partial charge in [0.05, 0.1) is 22.5 Å². The normalized spacial score (nSPS) is 11.0. The van der Waals surface area contributed by atoms with Crippen molar-refractivity contribution in [1.82, 2.24) is 9.97 Å². The number of hydrogen-bond acceptors (Lipinski definition) is 3. The molecule has 5 rings (SSSR count). The van der Waals surface area contributed by atoms with Crippen molar-refractivity contribution in [3.63, 3.8) is 0 Å². The van der Waals surface area contributed by atoms with Gasteiger partial charge in [0.25, 0.3) is 5.91 Å². The van der Waals surface area contributed by atoms with Gasteiger partial charge in [-0.15, -0.1) is 0 Å². The van der Waals surface area contributed by atoms with Crippen LogP contribution in [0.5, 0.6) is 0 Å². The maximum Gasteiger partial charge on any atom is 0.256 e. The van der Waals surface area contributed by atoms with Crippen molar-refractivity contribution in [2.45, 2.75) is 0 Å². The van der Waals surface area contributed by atoms with E-state index < -0.39 is 17.5 Å². The number of nitrogens with zero attached hydrogens (tertiary/aromatic N) is 2. The van der Waals surface area contributed by atoms with E-state index in [4.69, 9.17) is 0 Å². The maximum atomic E-state index is 14.1. The van der Waals surface area contributed by atoms with E-state index in [1.165, 1.54) is 12.3 Å². The predicted octanol–water partition coefficient (Wildman–Crippen LogP) is 5.98. The van der Waals surface area contributed by atoms with Crippen LogP contribution in [0.15, 0.2) is 85.1 Å². The van der Waals surface area contributed by atoms with Crippen LogP contribution in [-0.4, -0.2) is 15.9 Å². The standard InChI is InChI=1S/C25H15F2N3O/c26-16-12-19-22(10-11-28-24(19)20(27)13-16)30-25(31)18-14-23(15-6-2-1-3-7-15)29-21-9-5-4-8-17(18)21/h1-14H,(H,28,30,31). The molecule has 0 fully saturated rings. The number of rotatable bonds is 3. The van der Waals surface area contributed by atoms with E-state index in [-0.39, 0.29) is 16.6 Å². The van der Waals surface area contributed by atoms with E-state index in [1.807, 2.05) is 54.6 Å². The van der Waals surface area contributed by atoms with Gasteiger partial charge in [-0.3, -0.25) is 9.78 Å². The molecule has 0 saturated carbocycles. The number of anilines is 1. The lowest BCUT2D eigenvalue weighted by molar-refractivity contribution is 0.102. The van der Waals surface area contributed by atoms with Crippen molar-refractivity contribution in [3.05, 3.63) is 102 Å². The van der Waals surface area contributed by atoms with Gasteiger partial charge in [0.2, 0.25) is 0 Å². The molecule has 6 heteroatoms. The van der Waals surface area contributed by atoms with Crippen LogP contribution in [0, 0.1) is 11.6 Å². The molecular formula is C25H15F2N3O. The fourth-order valence-electron chi connectivity index (χ4n) is 3.60. The number of fused-ring (bicyclic) bond motifs is 2. The second kappa shape index (κ2) is 7.57. The number of aromatic nitrogens is 2. The highest BCUT2D eigenvalue weighted by Gasteiger charge is 2.16. The lowest BCUT2D eigenvalue weighted by Crippen LogP contribution is -2.13. The first kappa shape index (κ1) is 18.8. The number of carbonyl (C=O) groups excluding carboxylic acids is 1. The van der Waals surface area contributed by atoms with Crippen LogP contribution >= 0.6 is 0 Å². The molecule has 0 aliphatic heterocycles. The molecule has 31 heavy (non-hydrogen) atoms. The molecule has 0 radical (unpaired) electrons. The van der Waals surface area contributed by atoms with Crippen molar-refractivity contribution < 1.29 is 13.6 Å². The topological polar surface area (TPSA) is 54.9 Å². The summed E-state index contributed by atoms with van der Waals surface area (Å²) in [6.45, 7) is 0. The van der Waals surface area contributed by atoms with E-state index in [9.17, 15) is 13.6 Å². The average Bonchev–Trinajstić information content (AvgIpc) is 2.79. The van der Waals surface area contributed by atoms with E-state index in [0.29, 0.717) is 22.2 Å². The van der Waals surface area contributed by atoms with Crippen molar-refractivity contribution in [2.75, 3.05) is 5.32 Å². The van der Waals surface area contributed by atoms with Crippen molar-refractivity contribution >= 4 is 33.4 Å². The van der Waals surface area contributed by atoms with Crippen LogP contribution in [0.4, 0.5) is 14.5 Å². The lowest BCUT2D eigenvalue weighted by atomic mass is 10.0. The third-order valence-corrected chi connectivity index (χ3v) is 5.04. The van der Waals surface area contributed by atoms with Crippen LogP contribution in [0.1, 0.15) is 10.4 Å². The summed E-state index contributed by atoms with van der Waals surface area (Å²) in [7, 11) is 0. The molecule has 2 aromatic heterocycles. The number of pyridine rings is 2. The maximum absolute atomic E-state index is 14.1. The molecule has 2 heterocycles. The Hall–Kier alpha value is -4.19. The Bertz CT molecular complexity index is 1450. The second-order valence-electron chi connectivity index (χ2n) is 7.03. The Morgan fingerprint density at radius 1 is 0.839 bits per heavy atom. The van der Waals surface area contributed by atoms with Gasteiger partial charge >= 0.3 is 0 Å². The van der Waals surface area contributed by atoms with E-state index in [1.54, 1.807) is 6.07 Å². The molecule has 0 bridgehead atoms. The molecule has 0 spiro atoms. The Labute approximate surface area is 176 Å². The second-order valence-corrected chi connectivity index (χ2v) is 7.03. The van der Waals surface area contributed by atoms with E-state index >= 15 is 0 Å². The smallest absolute Gasteiger partial charge is 0.256 e. The quantitative estimate of drug-likeness (QED) is 0.397. The van der Waals surface area contributed by atoms with Crippen molar-refractivity contribution in [2.24, 2.45) is 0 Å². The fourth-order valence-corrected chi connectivity index (χ4v) is 3.60. The number of carbonyl (C=O) groups is 1. The van der Waals surface area contributed by atoms with Gasteiger partial charge in [-0.1, -0.05) is 48.5 Å². The Morgan fingerprint density at radius 2 is 1.61 bits per heavy atom. The fraction of sp³-hybridized carbons (Fsp3) is 0. The van der Waals surface area contributed by atoms with Gasteiger partial charge in [-0.25, -0.2) is 13.8 Å². The van der Waals surface area contributed by atoms with Gasteiger partial charge in [-0.05, 0) is 24.3 Å². The SMILES string of the molecule is O=C(Nc1ccnc2c(F)cc(F)cc12)c1cc(-c2ccccc2)nc2ccccc12. The first-order valence-electron chi connectivity index (χ1n) is 9.60. The van der Waals surface area contributed by atoms with Crippen LogP contribution in [0.3, 0.4) is 0 Å². The molecular weight excluding hydrogens is 396 g/mol. The minimum absolute atomic E-state index is 0.0104. The molecule has 0 aliphatic rings. The van der Waals surface area contributed by atoms with Crippen LogP contribution in [0.25, 0.3) is 33.1 Å². The summed E-state index contributed by atoms with van der Waals surface area (Å²) >= 11 is 0. The van der Waals surface area contributed by atoms with Gasteiger partial charge in [0.15, 0.2) is 5.82 Å². The van der Waals surface area contributed by atoms with Gasteiger partial charge in [0.1, 0.15) is 11.3 Å². The molecule has 0 unspecified atom stereocenters. The zero-order valence-corrected chi connectivity index (χ0v) is 16.1. The van der Waals surface area contributed by atoms with E-state index in [2.05, 4.69) is 15.3 Å². The van der Waals surface area contributed by atoms with Crippen LogP contribution in [-0.2, 0) is 0 Å². The van der Waals surface area contributed by atoms with Crippen LogP contribution in [0.2, 0.25) is 0 Å². The predicted molar refractivity (Wildman–Crippen MR) is 117 cm³/mol. The first-order valence-corrected chi connectivity index (χ1v) is 9.60. The zero-order valence-electron chi connectivity index (χ0n) is 16.1. The Morgan fingerprint density at radius 3 is 2.45 bits per heavy atom. The lowest BCUT2D eigenvalue weighted by Gasteiger charge is -2.12. The Balaban J connectivity index is 1.63. The highest BCUT2D eigenvalue weighted by Crippen LogP contribution is 2.28. The molecule has 150 valence electrons. The summed E-state index contributed by atoms with van der Waals surface area (Å²) < 4.78 is 27.9. The number of nitrogens with one attached hydrogen (secondary N) is 1. The van der Waals surface area contributed by atoms with Gasteiger partial charge in [-0.2, -0.15) is 0 Å². The molecule has 0 saturated heterocycles. The average molecular weight is 411 g/mol. The van der Waals surface area contributed by atoms with Gasteiger partial charge < -0.3 is 5.32 Å². The molecule has 1 amide bonds. The largest absolute Gasteiger partial charge is 0.321 e. The first-order chi connectivity index (χ1) is 15.1. The molecule has 1 N–H and O–H groups in total. The molecule has 4 nitrogen and oxygen atoms in total. The summed E-state index contributed by atoms with van der Waals surface area (Å²) in [6.07, 6.45) is 1.37.